The second kappa shape index (κ2) is 8.41. The first kappa shape index (κ1) is 17.1. The van der Waals surface area contributed by atoms with E-state index in [1.807, 2.05) is 0 Å². The van der Waals surface area contributed by atoms with E-state index in [2.05, 4.69) is 10.5 Å². The summed E-state index contributed by atoms with van der Waals surface area (Å²) in [7, 11) is 1.51. The van der Waals surface area contributed by atoms with E-state index < -0.39 is 0 Å². The van der Waals surface area contributed by atoms with Gasteiger partial charge < -0.3 is 14.9 Å². The lowest BCUT2D eigenvalue weighted by molar-refractivity contribution is -0.120. The minimum Gasteiger partial charge on any atom is -0.495 e. The highest BCUT2D eigenvalue weighted by atomic mass is 35.5. The van der Waals surface area contributed by atoms with E-state index in [4.69, 9.17) is 32.8 Å². The van der Waals surface area contributed by atoms with Crippen molar-refractivity contribution in [1.82, 2.24) is 0 Å². The molecule has 0 aromatic heterocycles. The first-order valence-electron chi connectivity index (χ1n) is 6.63. The average Bonchev–Trinajstić information content (AvgIpc) is 2.53. The summed E-state index contributed by atoms with van der Waals surface area (Å²) in [5.74, 6) is 0.131. The zero-order valence-corrected chi connectivity index (χ0v) is 13.8. The first-order valence-corrected chi connectivity index (χ1v) is 7.38. The third-order valence-corrected chi connectivity index (χ3v) is 3.26. The van der Waals surface area contributed by atoms with E-state index >= 15 is 0 Å². The Morgan fingerprint density at radius 3 is 2.57 bits per heavy atom. The van der Waals surface area contributed by atoms with Gasteiger partial charge in [0.2, 0.25) is 0 Å². The fourth-order valence-corrected chi connectivity index (χ4v) is 2.01. The highest BCUT2D eigenvalue weighted by molar-refractivity contribution is 6.31. The second-order valence-electron chi connectivity index (χ2n) is 4.45. The third-order valence-electron chi connectivity index (χ3n) is 2.78. The molecule has 0 aliphatic rings. The van der Waals surface area contributed by atoms with E-state index in [1.165, 1.54) is 13.3 Å². The molecule has 0 bridgehead atoms. The number of carbonyl (C=O) groups is 1. The summed E-state index contributed by atoms with van der Waals surface area (Å²) in [6.45, 7) is -0.236. The molecule has 7 heteroatoms. The van der Waals surface area contributed by atoms with Crippen LogP contribution in [0.3, 0.4) is 0 Å². The highest BCUT2D eigenvalue weighted by Gasteiger charge is 2.08. The van der Waals surface area contributed by atoms with Gasteiger partial charge in [0, 0.05) is 10.0 Å². The normalized spacial score (nSPS) is 10.6. The number of halogens is 2. The summed E-state index contributed by atoms with van der Waals surface area (Å²) >= 11 is 11.7. The number of oxime groups is 1. The number of methoxy groups -OCH3 is 1. The van der Waals surface area contributed by atoms with Crippen molar-refractivity contribution in [3.8, 4) is 5.75 Å². The van der Waals surface area contributed by atoms with Gasteiger partial charge >= 0.3 is 0 Å². The maximum absolute atomic E-state index is 11.8. The number of rotatable bonds is 6. The Balaban J connectivity index is 1.86. The molecule has 5 nitrogen and oxygen atoms in total. The van der Waals surface area contributed by atoms with Crippen LogP contribution in [0, 0.1) is 0 Å². The number of anilines is 1. The van der Waals surface area contributed by atoms with Crippen molar-refractivity contribution in [3.63, 3.8) is 0 Å². The van der Waals surface area contributed by atoms with E-state index in [0.717, 1.165) is 5.56 Å². The van der Waals surface area contributed by atoms with Crippen LogP contribution in [0.2, 0.25) is 10.0 Å². The van der Waals surface area contributed by atoms with Crippen molar-refractivity contribution in [3.05, 3.63) is 58.1 Å². The lowest BCUT2D eigenvalue weighted by atomic mass is 10.2. The SMILES string of the molecule is COc1ccc(Cl)cc1NC(=O)CO/N=C\c1ccc(Cl)cc1. The summed E-state index contributed by atoms with van der Waals surface area (Å²) in [4.78, 5) is 16.8. The van der Waals surface area contributed by atoms with Crippen molar-refractivity contribution in [1.29, 1.82) is 0 Å². The molecule has 0 fully saturated rings. The molecule has 0 aliphatic heterocycles. The quantitative estimate of drug-likeness (QED) is 0.631. The minimum atomic E-state index is -0.376. The number of ether oxygens (including phenoxy) is 1. The Hall–Kier alpha value is -2.24. The molecule has 0 radical (unpaired) electrons. The van der Waals surface area contributed by atoms with E-state index in [1.54, 1.807) is 42.5 Å². The molecule has 1 amide bonds. The maximum atomic E-state index is 11.8. The maximum Gasteiger partial charge on any atom is 0.265 e. The molecule has 0 aliphatic carbocycles. The number of nitrogens with one attached hydrogen (secondary N) is 1. The fraction of sp³-hybridized carbons (Fsp3) is 0.125. The molecule has 0 saturated carbocycles. The molecule has 0 heterocycles. The van der Waals surface area contributed by atoms with Crippen molar-refractivity contribution < 1.29 is 14.4 Å². The summed E-state index contributed by atoms with van der Waals surface area (Å²) in [5.41, 5.74) is 1.28. The summed E-state index contributed by atoms with van der Waals surface area (Å²) < 4.78 is 5.14. The van der Waals surface area contributed by atoms with Gasteiger partial charge in [-0.15, -0.1) is 0 Å². The summed E-state index contributed by atoms with van der Waals surface area (Å²) in [6, 6.07) is 12.0. The van der Waals surface area contributed by atoms with Gasteiger partial charge in [0.05, 0.1) is 19.0 Å². The van der Waals surface area contributed by atoms with Crippen molar-refractivity contribution in [2.75, 3.05) is 19.0 Å². The Labute approximate surface area is 143 Å². The van der Waals surface area contributed by atoms with Crippen LogP contribution >= 0.6 is 23.2 Å². The summed E-state index contributed by atoms with van der Waals surface area (Å²) in [6.07, 6.45) is 1.49. The monoisotopic (exact) mass is 352 g/mol. The standard InChI is InChI=1S/C16H14Cl2N2O3/c1-22-15-7-6-13(18)8-14(15)20-16(21)10-23-19-9-11-2-4-12(17)5-3-11/h2-9H,10H2,1H3,(H,20,21)/b19-9-. The third kappa shape index (κ3) is 5.47. The van der Waals surface area contributed by atoms with Gasteiger partial charge in [0.1, 0.15) is 5.75 Å². The molecule has 0 saturated heterocycles. The zero-order chi connectivity index (χ0) is 16.7. The van der Waals surface area contributed by atoms with Crippen LogP contribution in [0.15, 0.2) is 47.6 Å². The van der Waals surface area contributed by atoms with E-state index in [9.17, 15) is 4.79 Å². The molecular formula is C16H14Cl2N2O3. The molecule has 2 aromatic rings. The molecule has 2 rings (SSSR count). The topological polar surface area (TPSA) is 59.9 Å². The zero-order valence-electron chi connectivity index (χ0n) is 12.3. The van der Waals surface area contributed by atoms with Gasteiger partial charge in [-0.25, -0.2) is 0 Å². The molecular weight excluding hydrogens is 339 g/mol. The molecule has 0 atom stereocenters. The first-order chi connectivity index (χ1) is 11.1. The van der Waals surface area contributed by atoms with Crippen molar-refractivity contribution >= 4 is 41.0 Å². The highest BCUT2D eigenvalue weighted by Crippen LogP contribution is 2.27. The number of carbonyl (C=O) groups excluding carboxylic acids is 1. The average molecular weight is 353 g/mol. The van der Waals surface area contributed by atoms with Crippen LogP contribution in [-0.4, -0.2) is 25.8 Å². The van der Waals surface area contributed by atoms with E-state index in [0.29, 0.717) is 21.5 Å². The Kier molecular flexibility index (Phi) is 6.26. The van der Waals surface area contributed by atoms with E-state index in [-0.39, 0.29) is 12.5 Å². The van der Waals surface area contributed by atoms with Crippen molar-refractivity contribution in [2.45, 2.75) is 0 Å². The number of nitrogens with zero attached hydrogens (tertiary/aromatic N) is 1. The molecule has 120 valence electrons. The van der Waals surface area contributed by atoms with Gasteiger partial charge in [-0.1, -0.05) is 40.5 Å². The van der Waals surface area contributed by atoms with Gasteiger partial charge in [-0.05, 0) is 35.9 Å². The minimum absolute atomic E-state index is 0.236. The van der Waals surface area contributed by atoms with Crippen molar-refractivity contribution in [2.24, 2.45) is 5.16 Å². The van der Waals surface area contributed by atoms with Crippen LogP contribution in [0.25, 0.3) is 0 Å². The van der Waals surface area contributed by atoms with Gasteiger partial charge in [-0.3, -0.25) is 4.79 Å². The van der Waals surface area contributed by atoms with Crippen LogP contribution < -0.4 is 10.1 Å². The van der Waals surface area contributed by atoms with Crippen LogP contribution in [-0.2, 0) is 9.63 Å². The van der Waals surface area contributed by atoms with Crippen LogP contribution in [0.5, 0.6) is 5.75 Å². The predicted molar refractivity (Wildman–Crippen MR) is 91.6 cm³/mol. The van der Waals surface area contributed by atoms with Crippen LogP contribution in [0.1, 0.15) is 5.56 Å². The molecule has 0 spiro atoms. The smallest absolute Gasteiger partial charge is 0.265 e. The lowest BCUT2D eigenvalue weighted by Crippen LogP contribution is -2.17. The number of hydrogen-bond acceptors (Lipinski definition) is 4. The summed E-state index contributed by atoms with van der Waals surface area (Å²) in [5, 5.41) is 7.50. The Bertz CT molecular complexity index is 703. The second-order valence-corrected chi connectivity index (χ2v) is 5.33. The number of amides is 1. The largest absolute Gasteiger partial charge is 0.495 e. The Morgan fingerprint density at radius 1 is 1.17 bits per heavy atom. The predicted octanol–water partition coefficient (Wildman–Crippen LogP) is 3.99. The van der Waals surface area contributed by atoms with Gasteiger partial charge in [0.25, 0.3) is 5.91 Å². The van der Waals surface area contributed by atoms with Gasteiger partial charge in [-0.2, -0.15) is 0 Å². The molecule has 2 aromatic carbocycles. The van der Waals surface area contributed by atoms with Gasteiger partial charge in [0.15, 0.2) is 6.61 Å². The Morgan fingerprint density at radius 2 is 1.87 bits per heavy atom. The fourth-order valence-electron chi connectivity index (χ4n) is 1.71. The number of benzene rings is 2. The molecule has 1 N–H and O–H groups in total. The van der Waals surface area contributed by atoms with Crippen LogP contribution in [0.4, 0.5) is 5.69 Å². The number of hydrogen-bond donors (Lipinski definition) is 1. The molecule has 0 unspecified atom stereocenters. The molecule has 23 heavy (non-hydrogen) atoms. The lowest BCUT2D eigenvalue weighted by Gasteiger charge is -2.09.